The fourth-order valence-electron chi connectivity index (χ4n) is 4.77. The highest BCUT2D eigenvalue weighted by atomic mass is 19.3. The van der Waals surface area contributed by atoms with Gasteiger partial charge in [0.2, 0.25) is 0 Å². The Hall–Kier alpha value is -2.60. The number of aliphatic hydroxyl groups excluding tert-OH is 1. The number of nitrogens with zero attached hydrogens (tertiary/aromatic N) is 4. The number of likely N-dealkylation sites (N-methyl/N-ethyl adjacent to an activating group) is 1. The van der Waals surface area contributed by atoms with Crippen LogP contribution in [0.25, 0.3) is 11.4 Å². The lowest BCUT2D eigenvalue weighted by molar-refractivity contribution is 0.0643. The summed E-state index contributed by atoms with van der Waals surface area (Å²) < 4.78 is 37.4. The highest BCUT2D eigenvalue weighted by molar-refractivity contribution is 5.67. The molecule has 11 heteroatoms. The third-order valence-corrected chi connectivity index (χ3v) is 6.80. The third kappa shape index (κ3) is 7.25. The minimum atomic E-state index is -2.35. The fraction of sp³-hybridized carbons (Fsp3) is 0.615. The minimum absolute atomic E-state index is 0.0269. The molecule has 0 bridgehead atoms. The lowest BCUT2D eigenvalue weighted by Crippen LogP contribution is -2.53. The van der Waals surface area contributed by atoms with Gasteiger partial charge in [0.15, 0.2) is 5.82 Å². The molecule has 4 rings (SSSR count). The van der Waals surface area contributed by atoms with Gasteiger partial charge in [0.25, 0.3) is 6.43 Å². The summed E-state index contributed by atoms with van der Waals surface area (Å²) in [4.78, 5) is 13.8. The number of anilines is 2. The maximum atomic E-state index is 13.0. The number of alkyl halides is 2. The molecule has 2 saturated heterocycles. The number of aliphatic hydroxyl groups is 1. The third-order valence-electron chi connectivity index (χ3n) is 6.80. The Balaban J connectivity index is 1.61. The summed E-state index contributed by atoms with van der Waals surface area (Å²) in [7, 11) is 1.78. The SMILES string of the molecule is CNCC(O)COc1cccc(-c2nc(N[C@@H]3CCOC3)c(C)c(N3CCN(CC(F)F)[C@H](C)C3)n2)c1. The lowest BCUT2D eigenvalue weighted by atomic mass is 10.1. The van der Waals surface area contributed by atoms with Crippen LogP contribution in [0.4, 0.5) is 20.4 Å². The first-order chi connectivity index (χ1) is 17.8. The summed E-state index contributed by atoms with van der Waals surface area (Å²) in [5.41, 5.74) is 1.71. The molecule has 2 aliphatic heterocycles. The Morgan fingerprint density at radius 2 is 2.11 bits per heavy atom. The predicted octanol–water partition coefficient (Wildman–Crippen LogP) is 2.39. The van der Waals surface area contributed by atoms with Gasteiger partial charge in [-0.1, -0.05) is 12.1 Å². The van der Waals surface area contributed by atoms with Crippen LogP contribution < -0.4 is 20.3 Å². The van der Waals surface area contributed by atoms with Crippen LogP contribution in [0.3, 0.4) is 0 Å². The number of aromatic nitrogens is 2. The Bertz CT molecular complexity index is 1020. The van der Waals surface area contributed by atoms with E-state index in [2.05, 4.69) is 15.5 Å². The predicted molar refractivity (Wildman–Crippen MR) is 140 cm³/mol. The van der Waals surface area contributed by atoms with E-state index in [1.54, 1.807) is 7.05 Å². The van der Waals surface area contributed by atoms with E-state index >= 15 is 0 Å². The Morgan fingerprint density at radius 3 is 2.81 bits per heavy atom. The maximum Gasteiger partial charge on any atom is 0.251 e. The van der Waals surface area contributed by atoms with Crippen molar-refractivity contribution in [2.45, 2.75) is 44.9 Å². The van der Waals surface area contributed by atoms with Crippen LogP contribution in [0.1, 0.15) is 18.9 Å². The van der Waals surface area contributed by atoms with Crippen LogP contribution >= 0.6 is 0 Å². The molecule has 3 atom stereocenters. The number of benzene rings is 1. The highest BCUT2D eigenvalue weighted by Crippen LogP contribution is 2.31. The second-order valence-electron chi connectivity index (χ2n) is 9.78. The molecule has 1 aromatic heterocycles. The normalized spacial score (nSPS) is 21.4. The van der Waals surface area contributed by atoms with Crippen molar-refractivity contribution in [3.63, 3.8) is 0 Å². The van der Waals surface area contributed by atoms with Crippen LogP contribution in [0, 0.1) is 6.92 Å². The van der Waals surface area contributed by atoms with E-state index in [0.29, 0.717) is 51.0 Å². The van der Waals surface area contributed by atoms with Crippen LogP contribution in [0.15, 0.2) is 24.3 Å². The van der Waals surface area contributed by atoms with E-state index in [1.807, 2.05) is 43.0 Å². The van der Waals surface area contributed by atoms with Crippen LogP contribution in [-0.2, 0) is 4.74 Å². The average Bonchev–Trinajstić information content (AvgIpc) is 3.38. The van der Waals surface area contributed by atoms with Crippen molar-refractivity contribution < 1.29 is 23.4 Å². The number of ether oxygens (including phenoxy) is 2. The van der Waals surface area contributed by atoms with Gasteiger partial charge in [0.05, 0.1) is 19.2 Å². The van der Waals surface area contributed by atoms with Crippen molar-refractivity contribution >= 4 is 11.6 Å². The van der Waals surface area contributed by atoms with Crippen LogP contribution in [-0.4, -0.2) is 104 Å². The molecule has 37 heavy (non-hydrogen) atoms. The van der Waals surface area contributed by atoms with Gasteiger partial charge >= 0.3 is 0 Å². The summed E-state index contributed by atoms with van der Waals surface area (Å²) in [6, 6.07) is 7.65. The van der Waals surface area contributed by atoms with Crippen molar-refractivity contribution in [2.24, 2.45) is 0 Å². The molecular weight excluding hydrogens is 482 g/mol. The van der Waals surface area contributed by atoms with E-state index < -0.39 is 12.5 Å². The number of rotatable bonds is 11. The van der Waals surface area contributed by atoms with E-state index in [1.165, 1.54) is 0 Å². The minimum Gasteiger partial charge on any atom is -0.491 e. The van der Waals surface area contributed by atoms with Gasteiger partial charge in [0, 0.05) is 50.0 Å². The standard InChI is InChI=1S/C26H38F2N6O3/c1-17-13-34(9-8-33(17)14-23(27)28)26-18(2)24(30-20-7-10-36-15-20)31-25(32-26)19-5-4-6-22(11-19)37-16-21(35)12-29-3/h4-6,11,17,20-21,23,29,35H,7-10,12-16H2,1-3H3,(H,30,31,32)/t17-,20-,21?/m1/s1. The lowest BCUT2D eigenvalue weighted by Gasteiger charge is -2.40. The zero-order chi connectivity index (χ0) is 26.4. The molecule has 2 aromatic rings. The summed E-state index contributed by atoms with van der Waals surface area (Å²) >= 11 is 0. The molecule has 0 radical (unpaired) electrons. The first kappa shape index (κ1) is 27.4. The smallest absolute Gasteiger partial charge is 0.251 e. The van der Waals surface area contributed by atoms with Crippen LogP contribution in [0.2, 0.25) is 0 Å². The largest absolute Gasteiger partial charge is 0.491 e. The topological polar surface area (TPSA) is 95.0 Å². The number of hydrogen-bond acceptors (Lipinski definition) is 9. The fourth-order valence-corrected chi connectivity index (χ4v) is 4.77. The molecule has 0 saturated carbocycles. The number of nitrogens with one attached hydrogen (secondary N) is 2. The van der Waals surface area contributed by atoms with Crippen molar-refractivity contribution in [1.29, 1.82) is 0 Å². The molecule has 2 aliphatic rings. The van der Waals surface area contributed by atoms with E-state index in [-0.39, 0.29) is 25.2 Å². The van der Waals surface area contributed by atoms with Crippen molar-refractivity contribution in [3.05, 3.63) is 29.8 Å². The van der Waals surface area contributed by atoms with Gasteiger partial charge in [-0.3, -0.25) is 4.90 Å². The molecule has 0 spiro atoms. The number of piperazine rings is 1. The summed E-state index contributed by atoms with van der Waals surface area (Å²) in [6.07, 6.45) is -2.07. The Labute approximate surface area is 217 Å². The Morgan fingerprint density at radius 1 is 1.27 bits per heavy atom. The van der Waals surface area contributed by atoms with Gasteiger partial charge in [-0.2, -0.15) is 0 Å². The molecule has 0 aliphatic carbocycles. The highest BCUT2D eigenvalue weighted by Gasteiger charge is 2.29. The summed E-state index contributed by atoms with van der Waals surface area (Å²) in [5.74, 6) is 2.71. The molecule has 204 valence electrons. The molecule has 2 fully saturated rings. The van der Waals surface area contributed by atoms with E-state index in [9.17, 15) is 13.9 Å². The molecule has 1 aromatic carbocycles. The maximum absolute atomic E-state index is 13.0. The first-order valence-electron chi connectivity index (χ1n) is 12.9. The molecule has 3 heterocycles. The molecule has 0 amide bonds. The molecule has 9 nitrogen and oxygen atoms in total. The summed E-state index contributed by atoms with van der Waals surface area (Å²) in [6.45, 7) is 7.44. The van der Waals surface area contributed by atoms with Gasteiger partial charge in [-0.25, -0.2) is 18.7 Å². The van der Waals surface area contributed by atoms with Gasteiger partial charge < -0.3 is 30.1 Å². The average molecular weight is 521 g/mol. The Kier molecular flexibility index (Phi) is 9.47. The molecular formula is C26H38F2N6O3. The van der Waals surface area contributed by atoms with Crippen molar-refractivity contribution in [3.8, 4) is 17.1 Å². The monoisotopic (exact) mass is 520 g/mol. The molecule has 3 N–H and O–H groups in total. The number of hydrogen-bond donors (Lipinski definition) is 3. The van der Waals surface area contributed by atoms with Gasteiger partial charge in [-0.15, -0.1) is 0 Å². The van der Waals surface area contributed by atoms with E-state index in [0.717, 1.165) is 29.2 Å². The zero-order valence-electron chi connectivity index (χ0n) is 21.8. The molecule has 1 unspecified atom stereocenters. The summed E-state index contributed by atoms with van der Waals surface area (Å²) in [5, 5.41) is 16.4. The van der Waals surface area contributed by atoms with Gasteiger partial charge in [-0.05, 0) is 39.4 Å². The number of halogens is 2. The quantitative estimate of drug-likeness (QED) is 0.413. The van der Waals surface area contributed by atoms with Crippen LogP contribution in [0.5, 0.6) is 5.75 Å². The van der Waals surface area contributed by atoms with Crippen molar-refractivity contribution in [1.82, 2.24) is 20.2 Å². The van der Waals surface area contributed by atoms with Crippen molar-refractivity contribution in [2.75, 3.05) is 69.8 Å². The second kappa shape index (κ2) is 12.8. The zero-order valence-corrected chi connectivity index (χ0v) is 21.8. The van der Waals surface area contributed by atoms with E-state index in [4.69, 9.17) is 19.4 Å². The second-order valence-corrected chi connectivity index (χ2v) is 9.78. The van der Waals surface area contributed by atoms with Gasteiger partial charge in [0.1, 0.15) is 30.1 Å². The first-order valence-corrected chi connectivity index (χ1v) is 12.9.